The molecule has 0 radical (unpaired) electrons. The lowest BCUT2D eigenvalue weighted by Gasteiger charge is -2.36. The maximum absolute atomic E-state index is 14.6. The topological polar surface area (TPSA) is 24.9 Å². The summed E-state index contributed by atoms with van der Waals surface area (Å²) in [4.78, 5) is 4.46. The molecule has 0 aliphatic heterocycles. The summed E-state index contributed by atoms with van der Waals surface area (Å²) in [6.07, 6.45) is 3.63. The molecule has 0 saturated carbocycles. The first kappa shape index (κ1) is 23.2. The highest BCUT2D eigenvalue weighted by Crippen LogP contribution is 2.38. The first-order valence-corrected chi connectivity index (χ1v) is 10.8. The number of nitrogens with zero attached hydrogens (tertiary/aromatic N) is 1. The molecule has 1 aliphatic carbocycles. The Morgan fingerprint density at radius 1 is 0.970 bits per heavy atom. The Hall–Kier alpha value is -2.96. The molecule has 4 rings (SSSR count). The van der Waals surface area contributed by atoms with Crippen LogP contribution in [0, 0.1) is 5.82 Å². The number of halogens is 5. The third kappa shape index (κ3) is 5.34. The molecule has 33 heavy (non-hydrogen) atoms. The van der Waals surface area contributed by atoms with E-state index in [1.54, 1.807) is 12.1 Å². The SMILES string of the molecule is Fc1cc(C(F)(F)F)cc(C(Cc2ccccc2)(NCC2=CC=CC2)c2ccc(Cl)cn2)c1. The zero-order valence-electron chi connectivity index (χ0n) is 17.5. The molecule has 0 fully saturated rings. The summed E-state index contributed by atoms with van der Waals surface area (Å²) < 4.78 is 55.4. The molecule has 7 heteroatoms. The Kier molecular flexibility index (Phi) is 6.68. The Morgan fingerprint density at radius 2 is 1.73 bits per heavy atom. The lowest BCUT2D eigenvalue weighted by atomic mass is 9.79. The lowest BCUT2D eigenvalue weighted by molar-refractivity contribution is -0.137. The smallest absolute Gasteiger partial charge is 0.298 e. The van der Waals surface area contributed by atoms with Crippen LogP contribution in [-0.2, 0) is 18.1 Å². The van der Waals surface area contributed by atoms with Gasteiger partial charge in [-0.15, -0.1) is 0 Å². The Bertz CT molecular complexity index is 1170. The second kappa shape index (κ2) is 9.49. The predicted octanol–water partition coefficient (Wildman–Crippen LogP) is 6.86. The normalized spacial score (nSPS) is 15.4. The number of benzene rings is 2. The van der Waals surface area contributed by atoms with E-state index in [1.165, 1.54) is 6.20 Å². The van der Waals surface area contributed by atoms with Crippen LogP contribution < -0.4 is 5.32 Å². The first-order chi connectivity index (χ1) is 15.8. The van der Waals surface area contributed by atoms with Crippen LogP contribution in [0.4, 0.5) is 17.6 Å². The van der Waals surface area contributed by atoms with E-state index in [9.17, 15) is 17.6 Å². The van der Waals surface area contributed by atoms with Gasteiger partial charge in [0.15, 0.2) is 0 Å². The van der Waals surface area contributed by atoms with E-state index in [2.05, 4.69) is 10.3 Å². The van der Waals surface area contributed by atoms with E-state index in [0.29, 0.717) is 23.3 Å². The van der Waals surface area contributed by atoms with Gasteiger partial charge in [0, 0.05) is 19.2 Å². The summed E-state index contributed by atoms with van der Waals surface area (Å²) in [7, 11) is 0. The van der Waals surface area contributed by atoms with Gasteiger partial charge < -0.3 is 0 Å². The quantitative estimate of drug-likeness (QED) is 0.380. The third-order valence-electron chi connectivity index (χ3n) is 5.66. The number of hydrogen-bond donors (Lipinski definition) is 1. The standard InChI is InChI=1S/C26H21ClF4N2/c27-22-10-11-24(32-17-22)25(15-18-6-2-1-3-7-18,33-16-19-8-4-5-9-19)20-12-21(26(29,30)31)14-23(28)13-20/h1-8,10-14,17,33H,9,15-16H2. The fraction of sp³-hybridized carbons (Fsp3) is 0.192. The molecule has 1 N–H and O–H groups in total. The van der Waals surface area contributed by atoms with Crippen molar-refractivity contribution < 1.29 is 17.6 Å². The van der Waals surface area contributed by atoms with Crippen molar-refractivity contribution in [2.24, 2.45) is 0 Å². The number of rotatable bonds is 7. The second-order valence-electron chi connectivity index (χ2n) is 7.97. The average molecular weight is 473 g/mol. The van der Waals surface area contributed by atoms with Gasteiger partial charge in [-0.3, -0.25) is 10.3 Å². The van der Waals surface area contributed by atoms with Crippen LogP contribution in [0.1, 0.15) is 28.8 Å². The summed E-state index contributed by atoms with van der Waals surface area (Å²) in [6.45, 7) is 0.391. The van der Waals surface area contributed by atoms with Crippen LogP contribution in [0.5, 0.6) is 0 Å². The molecule has 1 unspecified atom stereocenters. The zero-order chi connectivity index (χ0) is 23.5. The van der Waals surface area contributed by atoms with Crippen molar-refractivity contribution in [2.75, 3.05) is 6.54 Å². The highest BCUT2D eigenvalue weighted by Gasteiger charge is 2.39. The number of alkyl halides is 3. The molecule has 170 valence electrons. The van der Waals surface area contributed by atoms with Crippen LogP contribution in [0.3, 0.4) is 0 Å². The van der Waals surface area contributed by atoms with E-state index in [0.717, 1.165) is 29.7 Å². The molecule has 1 heterocycles. The summed E-state index contributed by atoms with van der Waals surface area (Å²) >= 11 is 6.05. The number of allylic oxidation sites excluding steroid dienone is 3. The van der Waals surface area contributed by atoms with Crippen molar-refractivity contribution in [1.29, 1.82) is 0 Å². The van der Waals surface area contributed by atoms with Gasteiger partial charge in [-0.25, -0.2) is 4.39 Å². The highest BCUT2D eigenvalue weighted by molar-refractivity contribution is 6.30. The molecule has 3 aromatic rings. The lowest BCUT2D eigenvalue weighted by Crippen LogP contribution is -2.47. The van der Waals surface area contributed by atoms with Crippen molar-refractivity contribution in [2.45, 2.75) is 24.6 Å². The van der Waals surface area contributed by atoms with Crippen LogP contribution in [0.25, 0.3) is 0 Å². The summed E-state index contributed by atoms with van der Waals surface area (Å²) in [5.41, 5.74) is 0.220. The fourth-order valence-corrected chi connectivity index (χ4v) is 4.12. The largest absolute Gasteiger partial charge is 0.416 e. The first-order valence-electron chi connectivity index (χ1n) is 10.4. The minimum Gasteiger partial charge on any atom is -0.298 e. The molecule has 2 nitrogen and oxygen atoms in total. The average Bonchev–Trinajstić information content (AvgIpc) is 3.31. The molecule has 0 amide bonds. The van der Waals surface area contributed by atoms with Crippen molar-refractivity contribution in [3.8, 4) is 0 Å². The minimum absolute atomic E-state index is 0.139. The van der Waals surface area contributed by atoms with Gasteiger partial charge in [-0.2, -0.15) is 13.2 Å². The van der Waals surface area contributed by atoms with E-state index in [4.69, 9.17) is 11.6 Å². The van der Waals surface area contributed by atoms with Crippen molar-refractivity contribution in [3.05, 3.63) is 124 Å². The molecule has 0 bridgehead atoms. The van der Waals surface area contributed by atoms with E-state index in [-0.39, 0.29) is 12.0 Å². The molecular formula is C26H21ClF4N2. The van der Waals surface area contributed by atoms with Gasteiger partial charge in [0.1, 0.15) is 5.82 Å². The summed E-state index contributed by atoms with van der Waals surface area (Å²) in [6, 6.07) is 15.3. The van der Waals surface area contributed by atoms with Gasteiger partial charge in [-0.1, -0.05) is 65.7 Å². The molecule has 1 aromatic heterocycles. The molecule has 1 atom stereocenters. The Balaban J connectivity index is 1.91. The molecule has 0 spiro atoms. The van der Waals surface area contributed by atoms with E-state index in [1.807, 2.05) is 48.6 Å². The van der Waals surface area contributed by atoms with Crippen molar-refractivity contribution in [1.82, 2.24) is 10.3 Å². The maximum Gasteiger partial charge on any atom is 0.416 e. The number of pyridine rings is 1. The number of hydrogen-bond acceptors (Lipinski definition) is 2. The minimum atomic E-state index is -4.69. The van der Waals surface area contributed by atoms with E-state index < -0.39 is 23.1 Å². The predicted molar refractivity (Wildman–Crippen MR) is 121 cm³/mol. The molecule has 0 saturated heterocycles. The van der Waals surface area contributed by atoms with Crippen LogP contribution >= 0.6 is 11.6 Å². The fourth-order valence-electron chi connectivity index (χ4n) is 4.01. The van der Waals surface area contributed by atoms with Gasteiger partial charge in [-0.05, 0) is 47.9 Å². The zero-order valence-corrected chi connectivity index (χ0v) is 18.3. The van der Waals surface area contributed by atoms with Gasteiger partial charge >= 0.3 is 6.18 Å². The van der Waals surface area contributed by atoms with Gasteiger partial charge in [0.25, 0.3) is 0 Å². The third-order valence-corrected chi connectivity index (χ3v) is 5.88. The van der Waals surface area contributed by atoms with Crippen LogP contribution in [-0.4, -0.2) is 11.5 Å². The van der Waals surface area contributed by atoms with Crippen LogP contribution in [0.2, 0.25) is 5.02 Å². The molecular weight excluding hydrogens is 452 g/mol. The summed E-state index contributed by atoms with van der Waals surface area (Å²) in [5, 5.41) is 3.83. The second-order valence-corrected chi connectivity index (χ2v) is 8.40. The number of nitrogens with one attached hydrogen (secondary N) is 1. The summed E-state index contributed by atoms with van der Waals surface area (Å²) in [5.74, 6) is -0.963. The highest BCUT2D eigenvalue weighted by atomic mass is 35.5. The molecule has 2 aromatic carbocycles. The van der Waals surface area contributed by atoms with Crippen molar-refractivity contribution in [3.63, 3.8) is 0 Å². The van der Waals surface area contributed by atoms with E-state index >= 15 is 0 Å². The Morgan fingerprint density at radius 3 is 2.36 bits per heavy atom. The van der Waals surface area contributed by atoms with Gasteiger partial charge in [0.05, 0.1) is 21.8 Å². The van der Waals surface area contributed by atoms with Crippen molar-refractivity contribution >= 4 is 11.6 Å². The monoisotopic (exact) mass is 472 g/mol. The molecule has 1 aliphatic rings. The maximum atomic E-state index is 14.6. The number of aromatic nitrogens is 1. The van der Waals surface area contributed by atoms with Crippen LogP contribution in [0.15, 0.2) is 90.7 Å². The van der Waals surface area contributed by atoms with Gasteiger partial charge in [0.2, 0.25) is 0 Å². The Labute approximate surface area is 194 Å².